The molecule has 0 aliphatic carbocycles. The SMILES string of the molecule is CN(CCO)C(=O)Nc1cc(F)ccc1SCC(F)F. The first-order chi connectivity index (χ1) is 9.43. The summed E-state index contributed by atoms with van der Waals surface area (Å²) in [5, 5.41) is 11.2. The van der Waals surface area contributed by atoms with Gasteiger partial charge in [-0.3, -0.25) is 0 Å². The van der Waals surface area contributed by atoms with E-state index in [4.69, 9.17) is 5.11 Å². The molecule has 0 aromatic heterocycles. The molecule has 2 N–H and O–H groups in total. The number of hydrogen-bond acceptors (Lipinski definition) is 3. The smallest absolute Gasteiger partial charge is 0.321 e. The van der Waals surface area contributed by atoms with Crippen molar-refractivity contribution >= 4 is 23.5 Å². The Morgan fingerprint density at radius 1 is 1.50 bits per heavy atom. The molecule has 20 heavy (non-hydrogen) atoms. The zero-order chi connectivity index (χ0) is 15.1. The molecule has 0 atom stereocenters. The Bertz CT molecular complexity index is 460. The Balaban J connectivity index is 2.81. The first-order valence-electron chi connectivity index (χ1n) is 5.77. The van der Waals surface area contributed by atoms with E-state index in [9.17, 15) is 18.0 Å². The van der Waals surface area contributed by atoms with E-state index in [2.05, 4.69) is 5.32 Å². The summed E-state index contributed by atoms with van der Waals surface area (Å²) in [6.07, 6.45) is -2.49. The first kappa shape index (κ1) is 16.6. The van der Waals surface area contributed by atoms with Crippen molar-refractivity contribution in [2.75, 3.05) is 31.3 Å². The molecule has 0 unspecified atom stereocenters. The first-order valence-corrected chi connectivity index (χ1v) is 6.76. The summed E-state index contributed by atoms with van der Waals surface area (Å²) in [4.78, 5) is 13.3. The van der Waals surface area contributed by atoms with Crippen LogP contribution in [0.15, 0.2) is 23.1 Å². The van der Waals surface area contributed by atoms with E-state index in [1.165, 1.54) is 18.0 Å². The van der Waals surface area contributed by atoms with Crippen LogP contribution in [0.1, 0.15) is 0 Å². The molecule has 112 valence electrons. The fourth-order valence-corrected chi connectivity index (χ4v) is 2.08. The predicted octanol–water partition coefficient (Wildman–Crippen LogP) is 2.64. The number of aliphatic hydroxyl groups excluding tert-OH is 1. The number of alkyl halides is 2. The van der Waals surface area contributed by atoms with Crippen molar-refractivity contribution in [2.45, 2.75) is 11.3 Å². The van der Waals surface area contributed by atoms with Crippen LogP contribution in [-0.2, 0) is 0 Å². The second kappa shape index (κ2) is 8.01. The highest BCUT2D eigenvalue weighted by atomic mass is 32.2. The van der Waals surface area contributed by atoms with E-state index in [1.54, 1.807) is 0 Å². The molecule has 1 rings (SSSR count). The summed E-state index contributed by atoms with van der Waals surface area (Å²) >= 11 is 0.832. The molecule has 0 heterocycles. The maximum absolute atomic E-state index is 13.2. The molecular weight excluding hydrogens is 293 g/mol. The van der Waals surface area contributed by atoms with Crippen LogP contribution < -0.4 is 5.32 Å². The molecular formula is C12H15F3N2O2S. The van der Waals surface area contributed by atoms with Crippen LogP contribution in [0, 0.1) is 5.82 Å². The van der Waals surface area contributed by atoms with Gasteiger partial charge in [0.25, 0.3) is 0 Å². The van der Waals surface area contributed by atoms with E-state index < -0.39 is 24.0 Å². The van der Waals surface area contributed by atoms with Crippen molar-refractivity contribution in [1.29, 1.82) is 0 Å². The fraction of sp³-hybridized carbons (Fsp3) is 0.417. The number of hydrogen-bond donors (Lipinski definition) is 2. The number of urea groups is 1. The van der Waals surface area contributed by atoms with Crippen molar-refractivity contribution in [2.24, 2.45) is 0 Å². The minimum Gasteiger partial charge on any atom is -0.395 e. The standard InChI is InChI=1S/C12H15F3N2O2S/c1-17(4-5-18)12(19)16-9-6-8(13)2-3-10(9)20-7-11(14)15/h2-3,6,11,18H,4-5,7H2,1H3,(H,16,19). The molecule has 1 aromatic rings. The molecule has 0 fully saturated rings. The molecule has 4 nitrogen and oxygen atoms in total. The Kier molecular flexibility index (Phi) is 6.66. The summed E-state index contributed by atoms with van der Waals surface area (Å²) in [7, 11) is 1.46. The largest absolute Gasteiger partial charge is 0.395 e. The number of likely N-dealkylation sites (N-methyl/N-ethyl adjacent to an activating group) is 1. The van der Waals surface area contributed by atoms with Crippen molar-refractivity contribution in [3.63, 3.8) is 0 Å². The quantitative estimate of drug-likeness (QED) is 0.794. The van der Waals surface area contributed by atoms with Crippen LogP contribution in [0.4, 0.5) is 23.7 Å². The van der Waals surface area contributed by atoms with E-state index in [0.717, 1.165) is 23.9 Å². The van der Waals surface area contributed by atoms with Crippen LogP contribution in [-0.4, -0.2) is 48.4 Å². The topological polar surface area (TPSA) is 52.6 Å². The summed E-state index contributed by atoms with van der Waals surface area (Å²) in [6, 6.07) is 2.99. The molecule has 0 bridgehead atoms. The average molecular weight is 308 g/mol. The number of thioether (sulfide) groups is 1. The number of rotatable bonds is 6. The fourth-order valence-electron chi connectivity index (χ4n) is 1.34. The van der Waals surface area contributed by atoms with Crippen LogP contribution in [0.3, 0.4) is 0 Å². The zero-order valence-electron chi connectivity index (χ0n) is 10.8. The van der Waals surface area contributed by atoms with E-state index in [-0.39, 0.29) is 18.8 Å². The Morgan fingerprint density at radius 2 is 2.20 bits per heavy atom. The lowest BCUT2D eigenvalue weighted by molar-refractivity contribution is 0.177. The number of nitrogens with zero attached hydrogens (tertiary/aromatic N) is 1. The minimum absolute atomic E-state index is 0.112. The lowest BCUT2D eigenvalue weighted by Gasteiger charge is -2.18. The second-order valence-corrected chi connectivity index (χ2v) is 4.98. The van der Waals surface area contributed by atoms with E-state index >= 15 is 0 Å². The highest BCUT2D eigenvalue weighted by Crippen LogP contribution is 2.29. The molecule has 8 heteroatoms. The highest BCUT2D eigenvalue weighted by molar-refractivity contribution is 7.99. The number of carbonyl (C=O) groups excluding carboxylic acids is 1. The Morgan fingerprint density at radius 3 is 2.80 bits per heavy atom. The third kappa shape index (κ3) is 5.30. The average Bonchev–Trinajstić information content (AvgIpc) is 2.37. The van der Waals surface area contributed by atoms with Gasteiger partial charge in [-0.15, -0.1) is 11.8 Å². The van der Waals surface area contributed by atoms with Crippen LogP contribution in [0.25, 0.3) is 0 Å². The van der Waals surface area contributed by atoms with Gasteiger partial charge in [0.1, 0.15) is 5.82 Å². The van der Waals surface area contributed by atoms with Crippen molar-refractivity contribution in [1.82, 2.24) is 4.90 Å². The maximum atomic E-state index is 13.2. The molecule has 0 radical (unpaired) electrons. The number of amides is 2. The molecule has 0 saturated heterocycles. The molecule has 0 saturated carbocycles. The number of nitrogens with one attached hydrogen (secondary N) is 1. The lowest BCUT2D eigenvalue weighted by atomic mass is 10.3. The van der Waals surface area contributed by atoms with Crippen LogP contribution in [0.2, 0.25) is 0 Å². The Hall–Kier alpha value is -1.41. The maximum Gasteiger partial charge on any atom is 0.321 e. The van der Waals surface area contributed by atoms with Gasteiger partial charge in [0, 0.05) is 18.5 Å². The van der Waals surface area contributed by atoms with Crippen molar-refractivity contribution in [3.05, 3.63) is 24.0 Å². The number of halogens is 3. The monoisotopic (exact) mass is 308 g/mol. The third-order valence-corrected chi connectivity index (χ3v) is 3.42. The number of anilines is 1. The molecule has 0 aliphatic heterocycles. The van der Waals surface area contributed by atoms with Gasteiger partial charge < -0.3 is 15.3 Å². The van der Waals surface area contributed by atoms with Gasteiger partial charge >= 0.3 is 6.03 Å². The normalized spacial score (nSPS) is 10.7. The zero-order valence-corrected chi connectivity index (χ0v) is 11.6. The van der Waals surface area contributed by atoms with Gasteiger partial charge in [0.05, 0.1) is 18.0 Å². The predicted molar refractivity (Wildman–Crippen MR) is 71.9 cm³/mol. The van der Waals surface area contributed by atoms with E-state index in [1.807, 2.05) is 0 Å². The molecule has 0 spiro atoms. The van der Waals surface area contributed by atoms with Gasteiger partial charge in [0.2, 0.25) is 6.43 Å². The summed E-state index contributed by atoms with van der Waals surface area (Å²) in [5.74, 6) is -1.02. The van der Waals surface area contributed by atoms with Gasteiger partial charge in [0.15, 0.2) is 0 Å². The number of benzene rings is 1. The Labute approximate surface area is 119 Å². The van der Waals surface area contributed by atoms with Gasteiger partial charge in [-0.1, -0.05) is 0 Å². The highest BCUT2D eigenvalue weighted by Gasteiger charge is 2.13. The minimum atomic E-state index is -2.49. The van der Waals surface area contributed by atoms with E-state index in [0.29, 0.717) is 4.90 Å². The third-order valence-electron chi connectivity index (χ3n) is 2.33. The lowest BCUT2D eigenvalue weighted by Crippen LogP contribution is -2.33. The van der Waals surface area contributed by atoms with Crippen molar-refractivity contribution in [3.8, 4) is 0 Å². The van der Waals surface area contributed by atoms with Gasteiger partial charge in [-0.2, -0.15) is 0 Å². The summed E-state index contributed by atoms with van der Waals surface area (Å²) < 4.78 is 37.6. The number of aliphatic hydroxyl groups is 1. The summed E-state index contributed by atoms with van der Waals surface area (Å²) in [5.41, 5.74) is 0.130. The summed E-state index contributed by atoms with van der Waals surface area (Å²) in [6.45, 7) is -0.0965. The van der Waals surface area contributed by atoms with Crippen LogP contribution in [0.5, 0.6) is 0 Å². The van der Waals surface area contributed by atoms with Gasteiger partial charge in [-0.05, 0) is 18.2 Å². The molecule has 1 aromatic carbocycles. The van der Waals surface area contributed by atoms with Gasteiger partial charge in [-0.25, -0.2) is 18.0 Å². The second-order valence-electron chi connectivity index (χ2n) is 3.92. The van der Waals surface area contributed by atoms with Crippen molar-refractivity contribution < 1.29 is 23.1 Å². The molecule has 2 amide bonds. The number of carbonyl (C=O) groups is 1. The molecule has 0 aliphatic rings. The van der Waals surface area contributed by atoms with Crippen LogP contribution >= 0.6 is 11.8 Å².